The van der Waals surface area contributed by atoms with Crippen molar-refractivity contribution in [2.24, 2.45) is 0 Å². The molecule has 0 saturated carbocycles. The zero-order chi connectivity index (χ0) is 69.3. The first kappa shape index (κ1) is 62.9. The Balaban J connectivity index is 1.02. The second kappa shape index (κ2) is 24.2. The molecular formula is C98H79BN2S. The maximum absolute atomic E-state index is 2.75. The lowest BCUT2D eigenvalue weighted by molar-refractivity contribution is 0.590. The van der Waals surface area contributed by atoms with Crippen LogP contribution in [0.5, 0.6) is 0 Å². The van der Waals surface area contributed by atoms with E-state index >= 15 is 0 Å². The normalized spacial score (nSPS) is 12.9. The summed E-state index contributed by atoms with van der Waals surface area (Å²) in [6, 6.07) is 121. The summed E-state index contributed by atoms with van der Waals surface area (Å²) in [4.78, 5) is 5.49. The van der Waals surface area contributed by atoms with Gasteiger partial charge in [-0.3, -0.25) is 0 Å². The molecule has 0 saturated heterocycles. The van der Waals surface area contributed by atoms with E-state index < -0.39 is 0 Å². The van der Waals surface area contributed by atoms with E-state index in [0.717, 1.165) is 33.9 Å². The van der Waals surface area contributed by atoms with Crippen LogP contribution in [0.2, 0.25) is 0 Å². The van der Waals surface area contributed by atoms with Crippen LogP contribution in [0.3, 0.4) is 0 Å². The highest BCUT2D eigenvalue weighted by Gasteiger charge is 2.47. The number of hydrogen-bond acceptors (Lipinski definition) is 3. The summed E-state index contributed by atoms with van der Waals surface area (Å²) in [5, 5.41) is 7.49. The molecule has 0 fully saturated rings. The van der Waals surface area contributed by atoms with Crippen molar-refractivity contribution in [1.82, 2.24) is 0 Å². The molecule has 1 aromatic heterocycles. The van der Waals surface area contributed by atoms with Crippen molar-refractivity contribution >= 4 is 110 Å². The molecule has 2 nitrogen and oxygen atoms in total. The number of anilines is 6. The fourth-order valence-corrected chi connectivity index (χ4v) is 17.6. The van der Waals surface area contributed by atoms with Crippen LogP contribution >= 0.6 is 11.3 Å². The summed E-state index contributed by atoms with van der Waals surface area (Å²) >= 11 is 1.87. The molecule has 0 radical (unpaired) electrons. The topological polar surface area (TPSA) is 6.48 Å². The number of nitrogens with zero attached hydrogens (tertiary/aromatic N) is 2. The van der Waals surface area contributed by atoms with Gasteiger partial charge >= 0.3 is 0 Å². The van der Waals surface area contributed by atoms with Crippen LogP contribution < -0.4 is 26.2 Å². The first-order valence-corrected chi connectivity index (χ1v) is 36.9. The third-order valence-corrected chi connectivity index (χ3v) is 22.8. The highest BCUT2D eigenvalue weighted by molar-refractivity contribution is 7.25. The Hall–Kier alpha value is -11.3. The third-order valence-electron chi connectivity index (χ3n) is 21.7. The lowest BCUT2D eigenvalue weighted by Crippen LogP contribution is -2.61. The summed E-state index contributed by atoms with van der Waals surface area (Å²) in [5.74, 6) is 0. The summed E-state index contributed by atoms with van der Waals surface area (Å²) in [7, 11) is 0. The van der Waals surface area contributed by atoms with Gasteiger partial charge in [-0.05, 0) is 193 Å². The van der Waals surface area contributed by atoms with Gasteiger partial charge in [0.1, 0.15) is 0 Å². The fraction of sp³-hybridized carbons (Fsp3) is 0.122. The molecule has 4 heteroatoms. The molecular weight excluding hydrogens is 1250 g/mol. The van der Waals surface area contributed by atoms with Crippen LogP contribution in [0.25, 0.3) is 120 Å². The molecule has 3 heterocycles. The molecule has 102 heavy (non-hydrogen) atoms. The molecule has 0 spiro atoms. The Kier molecular flexibility index (Phi) is 14.9. The van der Waals surface area contributed by atoms with Gasteiger partial charge in [0, 0.05) is 65.2 Å². The van der Waals surface area contributed by atoms with Gasteiger partial charge in [-0.2, -0.15) is 0 Å². The van der Waals surface area contributed by atoms with Gasteiger partial charge in [-0.1, -0.05) is 311 Å². The Morgan fingerprint density at radius 1 is 0.245 bits per heavy atom. The van der Waals surface area contributed by atoms with E-state index in [-0.39, 0.29) is 23.0 Å². The standard InChI is InChI=1S/C98H79BN2S/c1-96(2,3)70-56-78(62-31-15-10-16-32-62)94(79(57-70)63-33-17-11-18-34-63)100-85-54-68(67-49-52-90-82(53-67)73-41-29-30-46-89(73)102-90)47-50-83(85)99-84-51-48-69(92-76-44-27-25-42-74(76)91(66-39-23-14-24-40-66)75-43-26-28-45-77(75)92)55-86(84)101(88-61-72(98(7,8)9)60-87(100)93(88)99)95-80(64-35-19-12-20-36-64)58-71(97(4,5)6)59-81(95)65-37-21-13-22-38-65/h10-61H,1-9H3. The van der Waals surface area contributed by atoms with Crippen molar-refractivity contribution in [3.05, 3.63) is 332 Å². The van der Waals surface area contributed by atoms with Gasteiger partial charge in [0.15, 0.2) is 0 Å². The smallest absolute Gasteiger partial charge is 0.252 e. The minimum Gasteiger partial charge on any atom is -0.310 e. The van der Waals surface area contributed by atoms with Crippen molar-refractivity contribution in [2.45, 2.75) is 78.6 Å². The minimum absolute atomic E-state index is 0.180. The second-order valence-corrected chi connectivity index (χ2v) is 32.2. The van der Waals surface area contributed by atoms with Crippen LogP contribution in [0, 0.1) is 0 Å². The predicted molar refractivity (Wildman–Crippen MR) is 443 cm³/mol. The minimum atomic E-state index is -0.319. The zero-order valence-corrected chi connectivity index (χ0v) is 60.2. The first-order valence-electron chi connectivity index (χ1n) is 36.1. The van der Waals surface area contributed by atoms with E-state index in [1.807, 2.05) is 11.3 Å². The monoisotopic (exact) mass is 1330 g/mol. The van der Waals surface area contributed by atoms with Crippen molar-refractivity contribution in [3.8, 4) is 77.9 Å². The molecule has 0 aliphatic carbocycles. The quantitative estimate of drug-likeness (QED) is 0.105. The van der Waals surface area contributed by atoms with E-state index in [4.69, 9.17) is 0 Å². The molecule has 2 aliphatic rings. The first-order chi connectivity index (χ1) is 49.5. The van der Waals surface area contributed by atoms with E-state index in [9.17, 15) is 0 Å². The second-order valence-electron chi connectivity index (χ2n) is 31.1. The molecule has 2 aliphatic heterocycles. The number of rotatable bonds is 9. The Bertz CT molecular complexity index is 5810. The van der Waals surface area contributed by atoms with Crippen molar-refractivity contribution in [1.29, 1.82) is 0 Å². The molecule has 0 N–H and O–H groups in total. The highest BCUT2D eigenvalue weighted by atomic mass is 32.1. The lowest BCUT2D eigenvalue weighted by Gasteiger charge is -2.47. The molecule has 0 amide bonds. The van der Waals surface area contributed by atoms with E-state index in [1.165, 1.54) is 153 Å². The van der Waals surface area contributed by atoms with Gasteiger partial charge in [-0.25, -0.2) is 0 Å². The predicted octanol–water partition coefficient (Wildman–Crippen LogP) is 26.0. The molecule has 0 bridgehead atoms. The van der Waals surface area contributed by atoms with Gasteiger partial charge in [-0.15, -0.1) is 11.3 Å². The molecule has 0 unspecified atom stereocenters. The molecule has 15 aromatic carbocycles. The van der Waals surface area contributed by atoms with Gasteiger partial charge in [0.25, 0.3) is 6.71 Å². The summed E-state index contributed by atoms with van der Waals surface area (Å²) < 4.78 is 2.60. The average molecular weight is 1330 g/mol. The Labute approximate surface area is 604 Å². The van der Waals surface area contributed by atoms with Crippen molar-refractivity contribution in [2.75, 3.05) is 9.80 Å². The summed E-state index contributed by atoms with van der Waals surface area (Å²) in [5.41, 5.74) is 30.5. The maximum Gasteiger partial charge on any atom is 0.252 e. The van der Waals surface area contributed by atoms with Crippen LogP contribution in [0.4, 0.5) is 34.1 Å². The number of fused-ring (bicyclic) bond motifs is 9. The van der Waals surface area contributed by atoms with Crippen LogP contribution in [0.15, 0.2) is 315 Å². The summed E-state index contributed by atoms with van der Waals surface area (Å²) in [6.45, 7) is 21.2. The van der Waals surface area contributed by atoms with Crippen molar-refractivity contribution in [3.63, 3.8) is 0 Å². The van der Waals surface area contributed by atoms with Gasteiger partial charge in [0.2, 0.25) is 0 Å². The Morgan fingerprint density at radius 3 is 0.971 bits per heavy atom. The molecule has 0 atom stereocenters. The van der Waals surface area contributed by atoms with E-state index in [1.54, 1.807) is 0 Å². The van der Waals surface area contributed by atoms with Crippen molar-refractivity contribution < 1.29 is 0 Å². The fourth-order valence-electron chi connectivity index (χ4n) is 16.5. The molecule has 16 aromatic rings. The number of thiophene rings is 1. The van der Waals surface area contributed by atoms with Crippen LogP contribution in [0.1, 0.15) is 79.0 Å². The van der Waals surface area contributed by atoms with Crippen LogP contribution in [-0.2, 0) is 16.2 Å². The third kappa shape index (κ3) is 10.5. The van der Waals surface area contributed by atoms with Gasteiger partial charge < -0.3 is 9.80 Å². The Morgan fingerprint density at radius 2 is 0.559 bits per heavy atom. The maximum atomic E-state index is 2.75. The largest absolute Gasteiger partial charge is 0.310 e. The number of benzene rings is 15. The SMILES string of the molecule is CC(C)(C)c1cc(-c2ccccc2)c(N2c3cc(-c4ccc5sc6ccccc6c5c4)ccc3B3c4ccc(-c5c6ccccc6c(-c6ccccc6)c6ccccc56)cc4N(c4c(-c5ccccc5)cc(C(C)(C)C)cc4-c4ccccc4)c4cc(C(C)(C)C)cc2c43)c(-c2ccccc2)c1. The van der Waals surface area contributed by atoms with E-state index in [2.05, 4.69) is 388 Å². The van der Waals surface area contributed by atoms with Crippen LogP contribution in [-0.4, -0.2) is 6.71 Å². The average Bonchev–Trinajstić information content (AvgIpc) is 0.796. The van der Waals surface area contributed by atoms with Gasteiger partial charge in [0.05, 0.1) is 11.4 Å². The lowest BCUT2D eigenvalue weighted by atomic mass is 9.33. The number of hydrogen-bond donors (Lipinski definition) is 0. The van der Waals surface area contributed by atoms with E-state index in [0.29, 0.717) is 0 Å². The zero-order valence-electron chi connectivity index (χ0n) is 59.4. The highest BCUT2D eigenvalue weighted by Crippen LogP contribution is 2.56. The molecule has 490 valence electrons. The summed E-state index contributed by atoms with van der Waals surface area (Å²) in [6.07, 6.45) is 0. The molecule has 18 rings (SSSR count).